The van der Waals surface area contributed by atoms with E-state index in [1.807, 2.05) is 0 Å². The molecule has 36 heavy (non-hydrogen) atoms. The molecule has 0 radical (unpaired) electrons. The number of nitrogens with zero attached hydrogens (tertiary/aromatic N) is 2. The summed E-state index contributed by atoms with van der Waals surface area (Å²) in [5.41, 5.74) is 1.62. The van der Waals surface area contributed by atoms with Gasteiger partial charge in [0.25, 0.3) is 10.0 Å². The summed E-state index contributed by atoms with van der Waals surface area (Å²) >= 11 is 12.6. The van der Waals surface area contributed by atoms with Crippen LogP contribution in [-0.2, 0) is 26.2 Å². The van der Waals surface area contributed by atoms with Gasteiger partial charge in [-0.1, -0.05) is 65.7 Å². The summed E-state index contributed by atoms with van der Waals surface area (Å²) in [6.07, 6.45) is 0. The predicted molar refractivity (Wildman–Crippen MR) is 143 cm³/mol. The maximum absolute atomic E-state index is 13.7. The number of sulfonamides is 1. The van der Waals surface area contributed by atoms with Crippen molar-refractivity contribution in [3.8, 4) is 0 Å². The van der Waals surface area contributed by atoms with E-state index >= 15 is 0 Å². The van der Waals surface area contributed by atoms with Gasteiger partial charge in [0.15, 0.2) is 0 Å². The summed E-state index contributed by atoms with van der Waals surface area (Å²) in [5.74, 6) is -0.978. The van der Waals surface area contributed by atoms with Crippen LogP contribution in [0.5, 0.6) is 0 Å². The van der Waals surface area contributed by atoms with Gasteiger partial charge >= 0.3 is 0 Å². The summed E-state index contributed by atoms with van der Waals surface area (Å²) in [6, 6.07) is 18.7. The van der Waals surface area contributed by atoms with Crippen molar-refractivity contribution in [2.24, 2.45) is 0 Å². The highest BCUT2D eigenvalue weighted by atomic mass is 35.5. The number of halogens is 2. The molecule has 3 aromatic carbocycles. The molecule has 0 saturated heterocycles. The van der Waals surface area contributed by atoms with Crippen molar-refractivity contribution < 1.29 is 18.0 Å². The van der Waals surface area contributed by atoms with Crippen LogP contribution in [-0.4, -0.2) is 44.8 Å². The van der Waals surface area contributed by atoms with Crippen LogP contribution in [0.15, 0.2) is 77.7 Å². The fraction of sp³-hybridized carbons (Fsp3) is 0.231. The van der Waals surface area contributed by atoms with E-state index in [1.54, 1.807) is 68.4 Å². The summed E-state index contributed by atoms with van der Waals surface area (Å²) in [6.45, 7) is 2.83. The Bertz CT molecular complexity index is 1350. The number of rotatable bonds is 9. The van der Waals surface area contributed by atoms with E-state index in [0.29, 0.717) is 15.6 Å². The Balaban J connectivity index is 2.06. The first-order valence-electron chi connectivity index (χ1n) is 11.1. The lowest BCUT2D eigenvalue weighted by Crippen LogP contribution is -2.50. The van der Waals surface area contributed by atoms with Crippen molar-refractivity contribution >= 4 is 50.7 Å². The number of carbonyl (C=O) groups is 2. The van der Waals surface area contributed by atoms with Crippen LogP contribution >= 0.6 is 23.2 Å². The second-order valence-corrected chi connectivity index (χ2v) is 10.8. The highest BCUT2D eigenvalue weighted by molar-refractivity contribution is 7.92. The van der Waals surface area contributed by atoms with E-state index in [4.69, 9.17) is 23.2 Å². The molecule has 7 nitrogen and oxygen atoms in total. The number of likely N-dealkylation sites (N-methyl/N-ethyl adjacent to an activating group) is 1. The molecule has 0 aliphatic carbocycles. The molecule has 0 aromatic heterocycles. The minimum absolute atomic E-state index is 0.0149. The second kappa shape index (κ2) is 11.8. The normalized spacial score (nSPS) is 12.0. The van der Waals surface area contributed by atoms with Gasteiger partial charge in [0.05, 0.1) is 10.6 Å². The molecule has 1 N–H and O–H groups in total. The van der Waals surface area contributed by atoms with Gasteiger partial charge in [-0.2, -0.15) is 0 Å². The first-order chi connectivity index (χ1) is 17.1. The molecule has 2 amide bonds. The van der Waals surface area contributed by atoms with E-state index in [-0.39, 0.29) is 17.1 Å². The monoisotopic (exact) mass is 547 g/mol. The van der Waals surface area contributed by atoms with Gasteiger partial charge in [0.2, 0.25) is 11.8 Å². The fourth-order valence-corrected chi connectivity index (χ4v) is 5.38. The number of hydrogen-bond acceptors (Lipinski definition) is 4. The third-order valence-corrected chi connectivity index (χ3v) is 8.33. The van der Waals surface area contributed by atoms with Crippen LogP contribution in [0.3, 0.4) is 0 Å². The van der Waals surface area contributed by atoms with Gasteiger partial charge < -0.3 is 10.2 Å². The Labute approximate surface area is 221 Å². The van der Waals surface area contributed by atoms with Gasteiger partial charge in [0, 0.05) is 23.6 Å². The van der Waals surface area contributed by atoms with Crippen molar-refractivity contribution in [2.75, 3.05) is 17.9 Å². The van der Waals surface area contributed by atoms with Crippen molar-refractivity contribution in [3.05, 3.63) is 94.0 Å². The lowest BCUT2D eigenvalue weighted by molar-refractivity contribution is -0.139. The topological polar surface area (TPSA) is 86.8 Å². The lowest BCUT2D eigenvalue weighted by atomic mass is 10.1. The Morgan fingerprint density at radius 1 is 0.944 bits per heavy atom. The third kappa shape index (κ3) is 6.19. The Kier molecular flexibility index (Phi) is 9.00. The first kappa shape index (κ1) is 27.5. The predicted octanol–water partition coefficient (Wildman–Crippen LogP) is 4.66. The van der Waals surface area contributed by atoms with E-state index in [9.17, 15) is 18.0 Å². The Morgan fingerprint density at radius 3 is 2.19 bits per heavy atom. The minimum Gasteiger partial charge on any atom is -0.357 e. The molecular formula is C26H27Cl2N3O4S. The molecule has 0 unspecified atom stereocenters. The summed E-state index contributed by atoms with van der Waals surface area (Å²) in [7, 11) is -2.67. The van der Waals surface area contributed by atoms with E-state index in [1.165, 1.54) is 30.1 Å². The molecule has 0 saturated carbocycles. The van der Waals surface area contributed by atoms with Crippen molar-refractivity contribution in [3.63, 3.8) is 0 Å². The molecular weight excluding hydrogens is 521 g/mol. The first-order valence-corrected chi connectivity index (χ1v) is 13.3. The second-order valence-electron chi connectivity index (χ2n) is 8.16. The molecule has 3 rings (SSSR count). The Morgan fingerprint density at radius 2 is 1.58 bits per heavy atom. The van der Waals surface area contributed by atoms with Crippen molar-refractivity contribution in [1.82, 2.24) is 10.2 Å². The number of benzene rings is 3. The standard InChI is InChI=1S/C26H27Cl2N3O4S/c1-18-13-14-21(15-24(18)28)31(36(34,35)22-10-5-4-6-11-22)17-25(32)30(19(2)26(33)29-3)16-20-9-7-8-12-23(20)27/h4-15,19H,16-17H2,1-3H3,(H,29,33)/t19-/m1/s1. The molecule has 190 valence electrons. The average molecular weight is 548 g/mol. The minimum atomic E-state index is -4.14. The van der Waals surface area contributed by atoms with Gasteiger partial charge in [-0.3, -0.25) is 13.9 Å². The maximum Gasteiger partial charge on any atom is 0.264 e. The quantitative estimate of drug-likeness (QED) is 0.422. The van der Waals surface area contributed by atoms with Gasteiger partial charge in [-0.05, 0) is 55.3 Å². The molecule has 10 heteroatoms. The van der Waals surface area contributed by atoms with Crippen LogP contribution in [0.25, 0.3) is 0 Å². The summed E-state index contributed by atoms with van der Waals surface area (Å²) < 4.78 is 28.3. The van der Waals surface area contributed by atoms with Gasteiger partial charge in [-0.15, -0.1) is 0 Å². The molecule has 1 atom stereocenters. The number of amides is 2. The van der Waals surface area contributed by atoms with Gasteiger partial charge in [-0.25, -0.2) is 8.42 Å². The fourth-order valence-electron chi connectivity index (χ4n) is 3.59. The van der Waals surface area contributed by atoms with Crippen LogP contribution in [0.4, 0.5) is 5.69 Å². The summed E-state index contributed by atoms with van der Waals surface area (Å²) in [4.78, 5) is 27.5. The third-order valence-electron chi connectivity index (χ3n) is 5.77. The smallest absolute Gasteiger partial charge is 0.264 e. The number of anilines is 1. The van der Waals surface area contributed by atoms with Crippen LogP contribution in [0, 0.1) is 6.92 Å². The zero-order chi connectivity index (χ0) is 26.5. The number of carbonyl (C=O) groups excluding carboxylic acids is 2. The molecule has 0 spiro atoms. The molecule has 0 heterocycles. The highest BCUT2D eigenvalue weighted by Crippen LogP contribution is 2.29. The molecule has 0 aliphatic rings. The largest absolute Gasteiger partial charge is 0.357 e. The van der Waals surface area contributed by atoms with Crippen LogP contribution < -0.4 is 9.62 Å². The van der Waals surface area contributed by atoms with E-state index < -0.39 is 34.4 Å². The van der Waals surface area contributed by atoms with E-state index in [2.05, 4.69) is 5.32 Å². The highest BCUT2D eigenvalue weighted by Gasteiger charge is 2.32. The zero-order valence-corrected chi connectivity index (χ0v) is 22.4. The number of nitrogens with one attached hydrogen (secondary N) is 1. The molecule has 0 aliphatic heterocycles. The SMILES string of the molecule is CNC(=O)[C@@H](C)N(Cc1ccccc1Cl)C(=O)CN(c1ccc(C)c(Cl)c1)S(=O)(=O)c1ccccc1. The van der Waals surface area contributed by atoms with Crippen LogP contribution in [0.1, 0.15) is 18.1 Å². The average Bonchev–Trinajstić information content (AvgIpc) is 2.87. The molecule has 0 fully saturated rings. The van der Waals surface area contributed by atoms with E-state index in [0.717, 1.165) is 9.87 Å². The number of hydrogen-bond donors (Lipinski definition) is 1. The molecule has 0 bridgehead atoms. The zero-order valence-electron chi connectivity index (χ0n) is 20.1. The van der Waals surface area contributed by atoms with Crippen molar-refractivity contribution in [1.29, 1.82) is 0 Å². The number of aryl methyl sites for hydroxylation is 1. The van der Waals surface area contributed by atoms with Crippen LogP contribution in [0.2, 0.25) is 10.0 Å². The maximum atomic E-state index is 13.7. The van der Waals surface area contributed by atoms with Gasteiger partial charge in [0.1, 0.15) is 12.6 Å². The Hall–Kier alpha value is -3.07. The molecule has 3 aromatic rings. The summed E-state index contributed by atoms with van der Waals surface area (Å²) in [5, 5.41) is 3.33. The lowest BCUT2D eigenvalue weighted by Gasteiger charge is -2.32. The van der Waals surface area contributed by atoms with Crippen molar-refractivity contribution in [2.45, 2.75) is 31.3 Å².